The number of fused-ring (bicyclic) bond motifs is 8. The predicted molar refractivity (Wildman–Crippen MR) is 236 cm³/mol. The fraction of sp³-hybridized carbons (Fsp3) is 0.340. The van der Waals surface area contributed by atoms with Gasteiger partial charge in [-0.3, -0.25) is 14.4 Å². The minimum atomic E-state index is -0.996. The van der Waals surface area contributed by atoms with E-state index in [1.807, 2.05) is 65.8 Å². The summed E-state index contributed by atoms with van der Waals surface area (Å²) in [6.45, 7) is 19.9. The van der Waals surface area contributed by atoms with E-state index in [-0.39, 0.29) is 61.0 Å². The molecular weight excluding hydrogens is 828 g/mol. The Morgan fingerprint density at radius 3 is 1.85 bits per heavy atom. The van der Waals surface area contributed by atoms with E-state index in [2.05, 4.69) is 33.8 Å². The van der Waals surface area contributed by atoms with E-state index in [0.29, 0.717) is 51.3 Å². The molecular formula is C47H52FeN8O6. The molecule has 0 saturated heterocycles. The Bertz CT molecular complexity index is 2650. The molecule has 6 rings (SSSR count). The number of nitrogens with zero attached hydrogens (tertiary/aromatic N) is 5. The van der Waals surface area contributed by atoms with Crippen molar-refractivity contribution < 1.29 is 46.1 Å². The van der Waals surface area contributed by atoms with E-state index < -0.39 is 29.9 Å². The van der Waals surface area contributed by atoms with Crippen LogP contribution in [0.3, 0.4) is 0 Å². The van der Waals surface area contributed by atoms with E-state index >= 15 is 0 Å². The summed E-state index contributed by atoms with van der Waals surface area (Å²) in [6, 6.07) is 5.70. The largest absolute Gasteiger partial charge is 2.00 e. The molecule has 4 N–H and O–H groups in total. The molecule has 0 fully saturated rings. The monoisotopic (exact) mass is 880 g/mol. The number of aryl methyl sites for hydroxylation is 4. The molecule has 4 aromatic heterocycles. The Kier molecular flexibility index (Phi) is 15.1. The van der Waals surface area contributed by atoms with E-state index in [0.717, 1.165) is 50.2 Å². The van der Waals surface area contributed by atoms with Gasteiger partial charge >= 0.3 is 29.0 Å². The maximum absolute atomic E-state index is 13.8. The van der Waals surface area contributed by atoms with Gasteiger partial charge in [-0.15, -0.1) is 22.1 Å². The summed E-state index contributed by atoms with van der Waals surface area (Å²) in [7, 11) is 1.25. The molecule has 0 aliphatic carbocycles. The number of nitrogens with one attached hydrogen (secondary N) is 3. The first-order valence-electron chi connectivity index (χ1n) is 20.3. The van der Waals surface area contributed by atoms with Crippen LogP contribution in [-0.2, 0) is 60.2 Å². The maximum atomic E-state index is 13.8. The first-order chi connectivity index (χ1) is 29.1. The number of ether oxygens (including phenoxy) is 1. The second kappa shape index (κ2) is 20.0. The average molecular weight is 881 g/mol. The number of esters is 1. The number of imidazole rings is 1. The summed E-state index contributed by atoms with van der Waals surface area (Å²) in [5.41, 5.74) is 12.7. The van der Waals surface area contributed by atoms with Crippen molar-refractivity contribution in [2.24, 2.45) is 5.92 Å². The Labute approximate surface area is 371 Å². The van der Waals surface area contributed by atoms with Crippen LogP contribution in [0.15, 0.2) is 62.1 Å². The fourth-order valence-electron chi connectivity index (χ4n) is 7.81. The van der Waals surface area contributed by atoms with Crippen LogP contribution in [0.25, 0.3) is 44.4 Å². The molecule has 14 nitrogen and oxygen atoms in total. The molecule has 6 heterocycles. The number of allylic oxidation sites excluding steroid dienone is 6. The van der Waals surface area contributed by atoms with Gasteiger partial charge in [-0.25, -0.2) is 19.7 Å². The number of methoxy groups -OCH3 is 1. The molecule has 8 bridgehead atoms. The van der Waals surface area contributed by atoms with Crippen molar-refractivity contribution in [3.05, 3.63) is 113 Å². The third-order valence-electron chi connectivity index (χ3n) is 11.2. The normalized spacial score (nSPS) is 13.4. The van der Waals surface area contributed by atoms with Gasteiger partial charge in [-0.1, -0.05) is 79.6 Å². The van der Waals surface area contributed by atoms with Crippen LogP contribution in [0.2, 0.25) is 0 Å². The summed E-state index contributed by atoms with van der Waals surface area (Å²) in [5.74, 6) is -2.38. The molecule has 4 aromatic rings. The number of carboxylic acids is 1. The second-order valence-corrected chi connectivity index (χ2v) is 15.8. The summed E-state index contributed by atoms with van der Waals surface area (Å²) < 4.78 is 4.96. The molecule has 15 heteroatoms. The Balaban J connectivity index is 0.00000726. The predicted octanol–water partition coefficient (Wildman–Crippen LogP) is 6.53. The van der Waals surface area contributed by atoms with Gasteiger partial charge in [0.2, 0.25) is 11.8 Å². The van der Waals surface area contributed by atoms with Gasteiger partial charge in [0, 0.05) is 42.3 Å². The first-order valence-corrected chi connectivity index (χ1v) is 20.3. The summed E-state index contributed by atoms with van der Waals surface area (Å²) in [5, 5.41) is 15.4. The van der Waals surface area contributed by atoms with Crippen LogP contribution in [0.4, 0.5) is 0 Å². The number of hydrogen-bond acceptors (Lipinski definition) is 8. The topological polar surface area (TPSA) is 204 Å². The number of carbonyl (C=O) groups is 4. The Morgan fingerprint density at radius 1 is 0.790 bits per heavy atom. The zero-order valence-electron chi connectivity index (χ0n) is 36.1. The molecule has 2 unspecified atom stereocenters. The van der Waals surface area contributed by atoms with Crippen LogP contribution in [0.5, 0.6) is 0 Å². The van der Waals surface area contributed by atoms with Gasteiger partial charge in [0.25, 0.3) is 0 Å². The van der Waals surface area contributed by atoms with Crippen molar-refractivity contribution in [3.8, 4) is 0 Å². The molecule has 0 aromatic carbocycles. The number of aromatic amines is 1. The van der Waals surface area contributed by atoms with Crippen LogP contribution in [-0.4, -0.2) is 68.0 Å². The van der Waals surface area contributed by atoms with Gasteiger partial charge in [0.15, 0.2) is 0 Å². The number of carboxylic acid groups (broad SMARTS) is 1. The number of aliphatic carboxylic acids is 1. The number of hydrogen-bond donors (Lipinski definition) is 4. The van der Waals surface area contributed by atoms with E-state index in [1.54, 1.807) is 18.3 Å². The van der Waals surface area contributed by atoms with Crippen molar-refractivity contribution in [2.75, 3.05) is 7.11 Å². The third kappa shape index (κ3) is 10.2. The first kappa shape index (κ1) is 46.8. The number of rotatable bonds is 16. The van der Waals surface area contributed by atoms with Crippen molar-refractivity contribution in [3.63, 3.8) is 0 Å². The smallest absolute Gasteiger partial charge is 0.657 e. The second-order valence-electron chi connectivity index (χ2n) is 15.8. The Hall–Kier alpha value is -6.31. The minimum Gasteiger partial charge on any atom is -0.657 e. The number of amides is 2. The fourth-order valence-corrected chi connectivity index (χ4v) is 7.81. The molecule has 62 heavy (non-hydrogen) atoms. The molecule has 2 amide bonds. The average Bonchev–Trinajstić information content (AvgIpc) is 4.02. The third-order valence-corrected chi connectivity index (χ3v) is 11.2. The van der Waals surface area contributed by atoms with Crippen LogP contribution < -0.4 is 20.6 Å². The van der Waals surface area contributed by atoms with Gasteiger partial charge in [-0.05, 0) is 70.1 Å². The van der Waals surface area contributed by atoms with Gasteiger partial charge < -0.3 is 35.4 Å². The van der Waals surface area contributed by atoms with Crippen LogP contribution in [0.1, 0.15) is 97.7 Å². The Morgan fingerprint density at radius 2 is 1.34 bits per heavy atom. The minimum absolute atomic E-state index is 0. The van der Waals surface area contributed by atoms with E-state index in [9.17, 15) is 24.3 Å². The van der Waals surface area contributed by atoms with Crippen molar-refractivity contribution in [1.82, 2.24) is 40.5 Å². The van der Waals surface area contributed by atoms with Crippen molar-refractivity contribution in [2.45, 2.75) is 92.2 Å². The zero-order valence-corrected chi connectivity index (χ0v) is 37.2. The van der Waals surface area contributed by atoms with Gasteiger partial charge in [0.05, 0.1) is 36.2 Å². The van der Waals surface area contributed by atoms with Crippen molar-refractivity contribution >= 4 is 68.1 Å². The molecule has 2 atom stereocenters. The number of aromatic nitrogens is 6. The summed E-state index contributed by atoms with van der Waals surface area (Å²) in [4.78, 5) is 79.0. The number of H-pyrrole nitrogens is 1. The molecule has 0 saturated carbocycles. The number of carbonyl (C=O) groups excluding carboxylic acids is 3. The zero-order chi connectivity index (χ0) is 44.1. The molecule has 2 aliphatic heterocycles. The SMILES string of the molecule is C=CC1=C(C)c2cc3[n-]c(cc4[n-]c(cc5nc(cc1n2)C(C)=C5C=C)c(C)c4CCC(=O)O)c(CCC(=O)NC(CC(C)C)C(=O)NC(Cc1cnc[nH]1)C(=O)OC)c3C.[Fe+2]. The standard InChI is InChI=1S/C47H54N8O6.Fe/c1-10-30-25(5)34-18-35-27(7)32(12-14-44(56)54-42(16-24(3)4)46(59)55-43(47(60)61-9)17-29-22-48-23-49-29)40(52-35)21-41-33(13-15-45(57)58)28(8)37(53-41)20-39-31(11-2)26(6)36(51-39)19-38(30)50-34;/h10-11,18-24,42-43H,1-2,12-17H2,3-9H3,(H6,48,49,50,51,52,53,54,55,56,57,58,59);/q;+2/p-2. The van der Waals surface area contributed by atoms with Gasteiger partial charge in [-0.2, -0.15) is 0 Å². The quantitative estimate of drug-likeness (QED) is 0.0704. The molecule has 0 spiro atoms. The van der Waals surface area contributed by atoms with Crippen LogP contribution >= 0.6 is 0 Å². The molecule has 2 aliphatic rings. The summed E-state index contributed by atoms with van der Waals surface area (Å²) >= 11 is 0. The van der Waals surface area contributed by atoms with Crippen molar-refractivity contribution in [1.29, 1.82) is 0 Å². The van der Waals surface area contributed by atoms with Gasteiger partial charge in [0.1, 0.15) is 12.1 Å². The maximum Gasteiger partial charge on any atom is 2.00 e. The van der Waals surface area contributed by atoms with E-state index in [1.165, 1.54) is 13.4 Å². The molecule has 0 radical (unpaired) electrons. The van der Waals surface area contributed by atoms with E-state index in [4.69, 9.17) is 24.7 Å². The molecule has 324 valence electrons. The summed E-state index contributed by atoms with van der Waals surface area (Å²) in [6.07, 6.45) is 7.49. The van der Waals surface area contributed by atoms with Crippen LogP contribution in [0, 0.1) is 19.8 Å².